The summed E-state index contributed by atoms with van der Waals surface area (Å²) < 4.78 is 0. The van der Waals surface area contributed by atoms with Gasteiger partial charge in [-0.2, -0.15) is 0 Å². The van der Waals surface area contributed by atoms with Gasteiger partial charge >= 0.3 is 0 Å². The largest absolute Gasteiger partial charge is 0.386 e. The van der Waals surface area contributed by atoms with E-state index in [1.165, 1.54) is 12.8 Å². The Kier molecular flexibility index (Phi) is 2.55. The molecule has 92 valence electrons. The molecule has 5 atom stereocenters. The zero-order valence-corrected chi connectivity index (χ0v) is 11.2. The second kappa shape index (κ2) is 3.35. The molecule has 0 heterocycles. The summed E-state index contributed by atoms with van der Waals surface area (Å²) in [5.74, 6) is 1.11. The number of fused-ring (bicyclic) bond motifs is 1. The Bertz CT molecular complexity index is 311. The van der Waals surface area contributed by atoms with Crippen molar-refractivity contribution >= 4 is 0 Å². The molecule has 0 radical (unpaired) electrons. The molecule has 0 aromatic carbocycles. The molecule has 0 spiro atoms. The molecule has 2 aliphatic carbocycles. The van der Waals surface area contributed by atoms with Crippen LogP contribution in [0.5, 0.6) is 0 Å². The summed E-state index contributed by atoms with van der Waals surface area (Å²) in [4.78, 5) is 0. The molecule has 2 aliphatic rings. The molecule has 16 heavy (non-hydrogen) atoms. The predicted molar refractivity (Wildman–Crippen MR) is 68.2 cm³/mol. The highest BCUT2D eigenvalue weighted by Gasteiger charge is 2.61. The maximum absolute atomic E-state index is 10.6. The fourth-order valence-electron chi connectivity index (χ4n) is 4.43. The first kappa shape index (κ1) is 12.2. The van der Waals surface area contributed by atoms with E-state index in [9.17, 15) is 5.11 Å². The lowest BCUT2D eigenvalue weighted by Crippen LogP contribution is -2.55. The lowest BCUT2D eigenvalue weighted by atomic mass is 9.49. The molecule has 0 saturated heterocycles. The van der Waals surface area contributed by atoms with Crippen LogP contribution in [0.25, 0.3) is 0 Å². The highest BCUT2D eigenvalue weighted by Crippen LogP contribution is 2.67. The van der Waals surface area contributed by atoms with Crippen molar-refractivity contribution in [3.05, 3.63) is 12.7 Å². The van der Waals surface area contributed by atoms with Crippen molar-refractivity contribution in [1.82, 2.24) is 0 Å². The van der Waals surface area contributed by atoms with Crippen LogP contribution < -0.4 is 0 Å². The standard InChI is InChI=1S/C15H26O/c1-6-15(16)10-9-13(4)11(2)7-8-14(13,5)12(15)3/h6,11-12,16H,1,7-10H2,2-5H3/t11-,12+,13+,14+,15-/m1/s1. The van der Waals surface area contributed by atoms with Crippen LogP contribution in [0, 0.1) is 22.7 Å². The van der Waals surface area contributed by atoms with Gasteiger partial charge in [0.1, 0.15) is 0 Å². The van der Waals surface area contributed by atoms with Crippen LogP contribution in [-0.4, -0.2) is 10.7 Å². The quantitative estimate of drug-likeness (QED) is 0.669. The molecule has 0 aromatic rings. The van der Waals surface area contributed by atoms with Crippen LogP contribution in [0.15, 0.2) is 12.7 Å². The molecule has 2 fully saturated rings. The van der Waals surface area contributed by atoms with E-state index in [0.29, 0.717) is 11.3 Å². The third-order valence-electron chi connectivity index (χ3n) is 6.59. The summed E-state index contributed by atoms with van der Waals surface area (Å²) in [6, 6.07) is 0. The molecule has 0 bridgehead atoms. The molecule has 2 rings (SSSR count). The molecule has 0 aliphatic heterocycles. The first-order valence-corrected chi connectivity index (χ1v) is 6.66. The van der Waals surface area contributed by atoms with Crippen molar-refractivity contribution < 1.29 is 5.11 Å². The van der Waals surface area contributed by atoms with Crippen molar-refractivity contribution in [2.75, 3.05) is 0 Å². The van der Waals surface area contributed by atoms with E-state index in [2.05, 4.69) is 34.3 Å². The molecule has 1 nitrogen and oxygen atoms in total. The van der Waals surface area contributed by atoms with Gasteiger partial charge in [-0.25, -0.2) is 0 Å². The lowest BCUT2D eigenvalue weighted by molar-refractivity contribution is -0.130. The predicted octanol–water partition coefficient (Wildman–Crippen LogP) is 3.78. The monoisotopic (exact) mass is 222 g/mol. The van der Waals surface area contributed by atoms with Crippen LogP contribution in [0.2, 0.25) is 0 Å². The van der Waals surface area contributed by atoms with Crippen molar-refractivity contribution in [2.24, 2.45) is 22.7 Å². The van der Waals surface area contributed by atoms with Crippen LogP contribution >= 0.6 is 0 Å². The average Bonchev–Trinajstić information content (AvgIpc) is 2.51. The zero-order valence-electron chi connectivity index (χ0n) is 11.2. The second-order valence-corrected chi connectivity index (χ2v) is 6.69. The Balaban J connectivity index is 2.42. The van der Waals surface area contributed by atoms with Crippen molar-refractivity contribution in [2.45, 2.75) is 59.0 Å². The van der Waals surface area contributed by atoms with E-state index < -0.39 is 5.60 Å². The van der Waals surface area contributed by atoms with E-state index >= 15 is 0 Å². The number of hydrogen-bond acceptors (Lipinski definition) is 1. The minimum atomic E-state index is -0.641. The van der Waals surface area contributed by atoms with Gasteiger partial charge in [-0.3, -0.25) is 0 Å². The first-order chi connectivity index (χ1) is 7.30. The lowest BCUT2D eigenvalue weighted by Gasteiger charge is -2.57. The Hall–Kier alpha value is -0.300. The molecule has 0 unspecified atom stereocenters. The first-order valence-electron chi connectivity index (χ1n) is 6.66. The molecule has 1 N–H and O–H groups in total. The topological polar surface area (TPSA) is 20.2 Å². The van der Waals surface area contributed by atoms with Gasteiger partial charge in [0.15, 0.2) is 0 Å². The highest BCUT2D eigenvalue weighted by molar-refractivity contribution is 5.16. The van der Waals surface area contributed by atoms with E-state index in [1.807, 2.05) is 0 Å². The average molecular weight is 222 g/mol. The summed E-state index contributed by atoms with van der Waals surface area (Å²) in [6.07, 6.45) is 6.36. The van der Waals surface area contributed by atoms with Gasteiger partial charge in [-0.1, -0.05) is 33.8 Å². The second-order valence-electron chi connectivity index (χ2n) is 6.69. The summed E-state index contributed by atoms with van der Waals surface area (Å²) in [5.41, 5.74) is 0.0353. The maximum atomic E-state index is 10.6. The van der Waals surface area contributed by atoms with Crippen molar-refractivity contribution in [3.63, 3.8) is 0 Å². The van der Waals surface area contributed by atoms with Crippen LogP contribution in [0.1, 0.15) is 53.4 Å². The van der Waals surface area contributed by atoms with E-state index in [4.69, 9.17) is 0 Å². The van der Waals surface area contributed by atoms with Crippen LogP contribution in [0.4, 0.5) is 0 Å². The summed E-state index contributed by atoms with van der Waals surface area (Å²) >= 11 is 0. The van der Waals surface area contributed by atoms with Gasteiger partial charge in [-0.05, 0) is 48.3 Å². The van der Waals surface area contributed by atoms with Gasteiger partial charge < -0.3 is 5.11 Å². The Labute approximate surface area is 99.9 Å². The number of rotatable bonds is 1. The minimum absolute atomic E-state index is 0.271. The molecular weight excluding hydrogens is 196 g/mol. The van der Waals surface area contributed by atoms with Crippen molar-refractivity contribution in [3.8, 4) is 0 Å². The molecule has 1 heteroatoms. The number of aliphatic hydroxyl groups is 1. The number of hydrogen-bond donors (Lipinski definition) is 1. The van der Waals surface area contributed by atoms with E-state index in [-0.39, 0.29) is 5.41 Å². The van der Waals surface area contributed by atoms with Crippen LogP contribution in [0.3, 0.4) is 0 Å². The third-order valence-corrected chi connectivity index (χ3v) is 6.59. The van der Waals surface area contributed by atoms with E-state index in [1.54, 1.807) is 6.08 Å². The maximum Gasteiger partial charge on any atom is 0.0856 e. The molecular formula is C15H26O. The summed E-state index contributed by atoms with van der Waals surface area (Å²) in [6.45, 7) is 13.3. The summed E-state index contributed by atoms with van der Waals surface area (Å²) in [5, 5.41) is 10.6. The minimum Gasteiger partial charge on any atom is -0.386 e. The van der Waals surface area contributed by atoms with E-state index in [0.717, 1.165) is 18.8 Å². The fraction of sp³-hybridized carbons (Fsp3) is 0.867. The Morgan fingerprint density at radius 2 is 1.75 bits per heavy atom. The van der Waals surface area contributed by atoms with Gasteiger partial charge in [0.2, 0.25) is 0 Å². The highest BCUT2D eigenvalue weighted by atomic mass is 16.3. The fourth-order valence-corrected chi connectivity index (χ4v) is 4.43. The van der Waals surface area contributed by atoms with Gasteiger partial charge in [-0.15, -0.1) is 6.58 Å². The third kappa shape index (κ3) is 1.21. The molecule has 0 amide bonds. The smallest absolute Gasteiger partial charge is 0.0856 e. The SMILES string of the molecule is C=C[C@@]1(O)CC[C@@]2(C)[C@H](C)CC[C@@]2(C)[C@@H]1C. The summed E-state index contributed by atoms with van der Waals surface area (Å²) in [7, 11) is 0. The zero-order chi connectivity index (χ0) is 12.2. The van der Waals surface area contributed by atoms with Gasteiger partial charge in [0.05, 0.1) is 5.60 Å². The molecule has 2 saturated carbocycles. The Morgan fingerprint density at radius 1 is 1.12 bits per heavy atom. The van der Waals surface area contributed by atoms with Gasteiger partial charge in [0, 0.05) is 0 Å². The molecule has 0 aromatic heterocycles. The van der Waals surface area contributed by atoms with Crippen LogP contribution in [-0.2, 0) is 0 Å². The van der Waals surface area contributed by atoms with Crippen molar-refractivity contribution in [1.29, 1.82) is 0 Å². The Morgan fingerprint density at radius 3 is 2.31 bits per heavy atom. The normalized spacial score (nSPS) is 57.1. The van der Waals surface area contributed by atoms with Gasteiger partial charge in [0.25, 0.3) is 0 Å².